The van der Waals surface area contributed by atoms with Crippen LogP contribution in [-0.4, -0.2) is 10.7 Å². The monoisotopic (exact) mass is 321 g/mol. The lowest BCUT2D eigenvalue weighted by Gasteiger charge is -2.15. The van der Waals surface area contributed by atoms with E-state index in [0.29, 0.717) is 17.1 Å². The van der Waals surface area contributed by atoms with Crippen LogP contribution in [0, 0.1) is 12.7 Å². The summed E-state index contributed by atoms with van der Waals surface area (Å²) in [6, 6.07) is 10.1. The number of thioether (sulfide) groups is 1. The van der Waals surface area contributed by atoms with E-state index in [1.165, 1.54) is 12.1 Å². The van der Waals surface area contributed by atoms with Crippen molar-refractivity contribution >= 4 is 29.0 Å². The molecule has 2 nitrogen and oxygen atoms in total. The third kappa shape index (κ3) is 3.74. The summed E-state index contributed by atoms with van der Waals surface area (Å²) in [6.45, 7) is 3.91. The average molecular weight is 321 g/mol. The predicted octanol–water partition coefficient (Wildman–Crippen LogP) is 4.67. The summed E-state index contributed by atoms with van der Waals surface area (Å²) in [5, 5.41) is 0. The lowest BCUT2D eigenvalue weighted by atomic mass is 10.2. The maximum atomic E-state index is 13.4. The zero-order valence-corrected chi connectivity index (χ0v) is 13.5. The molecule has 0 saturated heterocycles. The van der Waals surface area contributed by atoms with E-state index in [4.69, 9.17) is 22.7 Å². The van der Waals surface area contributed by atoms with Crippen LogP contribution in [-0.2, 0) is 0 Å². The van der Waals surface area contributed by atoms with Gasteiger partial charge in [-0.3, -0.25) is 0 Å². The summed E-state index contributed by atoms with van der Waals surface area (Å²) in [4.78, 5) is 1.24. The summed E-state index contributed by atoms with van der Waals surface area (Å²) >= 11 is 6.78. The van der Waals surface area contributed by atoms with Crippen LogP contribution in [0.5, 0.6) is 11.5 Å². The van der Waals surface area contributed by atoms with Crippen molar-refractivity contribution in [2.45, 2.75) is 18.7 Å². The highest BCUT2D eigenvalue weighted by molar-refractivity contribution is 7.99. The van der Waals surface area contributed by atoms with Gasteiger partial charge in [0.25, 0.3) is 0 Å². The van der Waals surface area contributed by atoms with Crippen LogP contribution < -0.4 is 10.5 Å². The van der Waals surface area contributed by atoms with Gasteiger partial charge in [0.2, 0.25) is 0 Å². The molecular weight excluding hydrogens is 305 g/mol. The third-order valence-electron chi connectivity index (χ3n) is 2.90. The molecule has 0 spiro atoms. The van der Waals surface area contributed by atoms with Crippen molar-refractivity contribution in [2.24, 2.45) is 5.73 Å². The van der Waals surface area contributed by atoms with Crippen LogP contribution in [0.15, 0.2) is 41.3 Å². The Bertz CT molecular complexity index is 673. The molecule has 21 heavy (non-hydrogen) atoms. The standard InChI is InChI=1S/C16H16FNOS2/c1-3-21-14-6-4-5-12(15(14)16(18)20)19-13-9-11(17)8-7-10(13)2/h4-9H,3H2,1-2H3,(H2,18,20). The quantitative estimate of drug-likeness (QED) is 0.641. The fraction of sp³-hybridized carbons (Fsp3) is 0.188. The van der Waals surface area contributed by atoms with Crippen LogP contribution in [0.25, 0.3) is 0 Å². The second kappa shape index (κ2) is 6.91. The first-order valence-electron chi connectivity index (χ1n) is 6.52. The summed E-state index contributed by atoms with van der Waals surface area (Å²) in [5.41, 5.74) is 7.37. The number of aryl methyl sites for hydroxylation is 1. The third-order valence-corrected chi connectivity index (χ3v) is 4.05. The summed E-state index contributed by atoms with van der Waals surface area (Å²) < 4.78 is 19.2. The Balaban J connectivity index is 2.46. The summed E-state index contributed by atoms with van der Waals surface area (Å²) in [6.07, 6.45) is 0. The molecule has 0 fully saturated rings. The number of nitrogens with two attached hydrogens (primary N) is 1. The first-order chi connectivity index (χ1) is 10.0. The molecule has 110 valence electrons. The van der Waals surface area contributed by atoms with Gasteiger partial charge in [-0.2, -0.15) is 0 Å². The fourth-order valence-corrected chi connectivity index (χ4v) is 3.03. The number of benzene rings is 2. The van der Waals surface area contributed by atoms with Crippen molar-refractivity contribution in [3.63, 3.8) is 0 Å². The highest BCUT2D eigenvalue weighted by Crippen LogP contribution is 2.34. The van der Waals surface area contributed by atoms with Gasteiger partial charge in [0, 0.05) is 11.0 Å². The van der Waals surface area contributed by atoms with Crippen LogP contribution in [0.4, 0.5) is 4.39 Å². The van der Waals surface area contributed by atoms with Gasteiger partial charge in [0.1, 0.15) is 22.3 Å². The second-order valence-electron chi connectivity index (χ2n) is 4.44. The number of rotatable bonds is 5. The molecule has 0 bridgehead atoms. The molecule has 2 aromatic rings. The maximum Gasteiger partial charge on any atom is 0.138 e. The van der Waals surface area contributed by atoms with E-state index in [0.717, 1.165) is 16.2 Å². The van der Waals surface area contributed by atoms with Gasteiger partial charge in [0.15, 0.2) is 0 Å². The Morgan fingerprint density at radius 1 is 1.29 bits per heavy atom. The average Bonchev–Trinajstić information content (AvgIpc) is 2.43. The molecule has 2 N–H and O–H groups in total. The van der Waals surface area contributed by atoms with Crippen molar-refractivity contribution < 1.29 is 9.13 Å². The second-order valence-corrected chi connectivity index (χ2v) is 6.18. The smallest absolute Gasteiger partial charge is 0.138 e. The van der Waals surface area contributed by atoms with Crippen molar-refractivity contribution in [1.82, 2.24) is 0 Å². The molecule has 0 aliphatic rings. The van der Waals surface area contributed by atoms with Gasteiger partial charge < -0.3 is 10.5 Å². The molecule has 0 radical (unpaired) electrons. The Kier molecular flexibility index (Phi) is 5.20. The van der Waals surface area contributed by atoms with E-state index < -0.39 is 0 Å². The zero-order chi connectivity index (χ0) is 15.4. The molecule has 0 amide bonds. The van der Waals surface area contributed by atoms with Gasteiger partial charge in [0.05, 0.1) is 5.56 Å². The van der Waals surface area contributed by atoms with Crippen LogP contribution in [0.1, 0.15) is 18.1 Å². The number of ether oxygens (including phenoxy) is 1. The molecule has 2 rings (SSSR count). The van der Waals surface area contributed by atoms with Crippen molar-refractivity contribution in [3.8, 4) is 11.5 Å². The molecule has 0 aliphatic heterocycles. The van der Waals surface area contributed by atoms with Crippen LogP contribution >= 0.6 is 24.0 Å². The Morgan fingerprint density at radius 2 is 2.05 bits per heavy atom. The van der Waals surface area contributed by atoms with E-state index in [-0.39, 0.29) is 10.8 Å². The predicted molar refractivity (Wildman–Crippen MR) is 89.9 cm³/mol. The lowest BCUT2D eigenvalue weighted by molar-refractivity contribution is 0.470. The van der Waals surface area contributed by atoms with E-state index in [9.17, 15) is 4.39 Å². The lowest BCUT2D eigenvalue weighted by Crippen LogP contribution is -2.12. The van der Waals surface area contributed by atoms with Crippen molar-refractivity contribution in [3.05, 3.63) is 53.3 Å². The number of thiocarbonyl (C=S) groups is 1. The number of hydrogen-bond donors (Lipinski definition) is 1. The Hall–Kier alpha value is -1.59. The SMILES string of the molecule is CCSc1cccc(Oc2cc(F)ccc2C)c1C(N)=S. The molecular formula is C16H16FNOS2. The maximum absolute atomic E-state index is 13.4. The highest BCUT2D eigenvalue weighted by Gasteiger charge is 2.14. The minimum absolute atomic E-state index is 0.274. The van der Waals surface area contributed by atoms with Gasteiger partial charge in [-0.05, 0) is 36.4 Å². The minimum atomic E-state index is -0.341. The minimum Gasteiger partial charge on any atom is -0.456 e. The molecule has 5 heteroatoms. The molecule has 0 unspecified atom stereocenters. The largest absolute Gasteiger partial charge is 0.456 e. The highest BCUT2D eigenvalue weighted by atomic mass is 32.2. The van der Waals surface area contributed by atoms with E-state index in [1.54, 1.807) is 23.9 Å². The topological polar surface area (TPSA) is 35.2 Å². The summed E-state index contributed by atoms with van der Waals surface area (Å²) in [5.74, 6) is 1.57. The number of hydrogen-bond acceptors (Lipinski definition) is 3. The summed E-state index contributed by atoms with van der Waals surface area (Å²) in [7, 11) is 0. The van der Waals surface area contributed by atoms with Gasteiger partial charge in [-0.1, -0.05) is 31.3 Å². The van der Waals surface area contributed by atoms with Crippen molar-refractivity contribution in [1.29, 1.82) is 0 Å². The van der Waals surface area contributed by atoms with Gasteiger partial charge in [-0.15, -0.1) is 11.8 Å². The molecule has 0 atom stereocenters. The van der Waals surface area contributed by atoms with E-state index in [1.807, 2.05) is 19.1 Å². The van der Waals surface area contributed by atoms with Gasteiger partial charge >= 0.3 is 0 Å². The van der Waals surface area contributed by atoms with Gasteiger partial charge in [-0.25, -0.2) is 4.39 Å². The zero-order valence-electron chi connectivity index (χ0n) is 11.9. The molecule has 2 aromatic carbocycles. The first-order valence-corrected chi connectivity index (χ1v) is 7.92. The van der Waals surface area contributed by atoms with E-state index >= 15 is 0 Å². The van der Waals surface area contributed by atoms with Crippen LogP contribution in [0.3, 0.4) is 0 Å². The van der Waals surface area contributed by atoms with Crippen LogP contribution in [0.2, 0.25) is 0 Å². The van der Waals surface area contributed by atoms with E-state index in [2.05, 4.69) is 6.92 Å². The molecule has 0 aromatic heterocycles. The normalized spacial score (nSPS) is 10.4. The molecule has 0 aliphatic carbocycles. The first kappa shape index (κ1) is 15.8. The Labute approximate surface area is 133 Å². The van der Waals surface area contributed by atoms with Crippen molar-refractivity contribution in [2.75, 3.05) is 5.75 Å². The Morgan fingerprint density at radius 3 is 2.71 bits per heavy atom. The fourth-order valence-electron chi connectivity index (χ4n) is 1.92. The molecule has 0 saturated carbocycles. The molecule has 0 heterocycles. The number of halogens is 1.